The molecule has 0 saturated carbocycles. The number of hydrogen-bond donors (Lipinski definition) is 1. The largest absolute Gasteiger partial charge is 0.486 e. The third-order valence-electron chi connectivity index (χ3n) is 2.75. The molecule has 1 aliphatic rings. The lowest BCUT2D eigenvalue weighted by atomic mass is 10.2. The second-order valence-electron chi connectivity index (χ2n) is 3.89. The van der Waals surface area contributed by atoms with E-state index in [9.17, 15) is 0 Å². The third kappa shape index (κ3) is 2.15. The molecule has 6 nitrogen and oxygen atoms in total. The van der Waals surface area contributed by atoms with Crippen LogP contribution in [0.1, 0.15) is 5.89 Å². The van der Waals surface area contributed by atoms with Crippen LogP contribution < -0.4 is 15.2 Å². The Hall–Kier alpha value is -1.73. The first kappa shape index (κ1) is 12.3. The summed E-state index contributed by atoms with van der Waals surface area (Å²) in [6.45, 7) is 1.34. The lowest BCUT2D eigenvalue weighted by Gasteiger charge is -2.21. The summed E-state index contributed by atoms with van der Waals surface area (Å²) in [5.74, 6) is 2.43. The van der Waals surface area contributed by atoms with Gasteiger partial charge in [-0.2, -0.15) is 4.98 Å². The fraction of sp³-hybridized carbons (Fsp3) is 0.333. The first-order valence-corrected chi connectivity index (χ1v) is 7.05. The van der Waals surface area contributed by atoms with Gasteiger partial charge in [-0.05, 0) is 18.4 Å². The molecular weight excluding hydrogens is 266 g/mol. The Labute approximate surface area is 114 Å². The molecule has 1 aromatic carbocycles. The molecule has 0 bridgehead atoms. The number of benzene rings is 1. The molecule has 2 heterocycles. The standard InChI is InChI=1S/C12H13N3O3S/c1-19-11-7(12-14-9(6-13)18-15-12)2-3-8-10(11)17-5-4-16-8/h2-3H,4-6,13H2,1H3. The molecule has 2 N–H and O–H groups in total. The number of thioether (sulfide) groups is 1. The first-order chi connectivity index (χ1) is 9.33. The topological polar surface area (TPSA) is 83.4 Å². The van der Waals surface area contributed by atoms with Gasteiger partial charge in [0.15, 0.2) is 11.5 Å². The van der Waals surface area contributed by atoms with E-state index in [2.05, 4.69) is 10.1 Å². The maximum atomic E-state index is 5.68. The normalized spacial score (nSPS) is 13.6. The summed E-state index contributed by atoms with van der Waals surface area (Å²) in [7, 11) is 0. The average molecular weight is 279 g/mol. The van der Waals surface area contributed by atoms with E-state index < -0.39 is 0 Å². The number of hydrogen-bond acceptors (Lipinski definition) is 7. The predicted molar refractivity (Wildman–Crippen MR) is 70.4 cm³/mol. The monoisotopic (exact) mass is 279 g/mol. The second-order valence-corrected chi connectivity index (χ2v) is 4.70. The highest BCUT2D eigenvalue weighted by Gasteiger charge is 2.22. The summed E-state index contributed by atoms with van der Waals surface area (Å²) in [6, 6.07) is 3.77. The average Bonchev–Trinajstić information content (AvgIpc) is 2.94. The Balaban J connectivity index is 2.10. The van der Waals surface area contributed by atoms with Crippen LogP contribution in [0.2, 0.25) is 0 Å². The second kappa shape index (κ2) is 5.10. The Morgan fingerprint density at radius 3 is 2.89 bits per heavy atom. The van der Waals surface area contributed by atoms with Gasteiger partial charge in [0.25, 0.3) is 0 Å². The minimum Gasteiger partial charge on any atom is -0.486 e. The van der Waals surface area contributed by atoms with E-state index in [1.165, 1.54) is 0 Å². The van der Waals surface area contributed by atoms with Gasteiger partial charge in [-0.3, -0.25) is 0 Å². The van der Waals surface area contributed by atoms with E-state index in [0.717, 1.165) is 22.0 Å². The molecule has 0 saturated heterocycles. The van der Waals surface area contributed by atoms with E-state index in [1.54, 1.807) is 11.8 Å². The summed E-state index contributed by atoms with van der Waals surface area (Å²) in [6.07, 6.45) is 1.97. The van der Waals surface area contributed by atoms with Crippen molar-refractivity contribution >= 4 is 11.8 Å². The van der Waals surface area contributed by atoms with Crippen LogP contribution in [0.25, 0.3) is 11.4 Å². The van der Waals surface area contributed by atoms with E-state index in [4.69, 9.17) is 19.7 Å². The lowest BCUT2D eigenvalue weighted by molar-refractivity contribution is 0.167. The fourth-order valence-electron chi connectivity index (χ4n) is 1.92. The van der Waals surface area contributed by atoms with Gasteiger partial charge in [-0.1, -0.05) is 5.16 Å². The molecule has 0 aliphatic carbocycles. The maximum Gasteiger partial charge on any atom is 0.240 e. The van der Waals surface area contributed by atoms with E-state index in [-0.39, 0.29) is 6.54 Å². The number of ether oxygens (including phenoxy) is 2. The van der Waals surface area contributed by atoms with E-state index in [1.807, 2.05) is 18.4 Å². The molecule has 0 amide bonds. The molecule has 0 fully saturated rings. The van der Waals surface area contributed by atoms with Crippen LogP contribution in [0.4, 0.5) is 0 Å². The van der Waals surface area contributed by atoms with Gasteiger partial charge >= 0.3 is 0 Å². The number of rotatable bonds is 3. The van der Waals surface area contributed by atoms with E-state index >= 15 is 0 Å². The molecule has 7 heteroatoms. The summed E-state index contributed by atoms with van der Waals surface area (Å²) in [5.41, 5.74) is 6.34. The Kier molecular flexibility index (Phi) is 3.31. The van der Waals surface area contributed by atoms with Crippen LogP contribution >= 0.6 is 11.8 Å². The molecule has 2 aromatic rings. The minimum absolute atomic E-state index is 0.228. The summed E-state index contributed by atoms with van der Waals surface area (Å²) in [4.78, 5) is 5.19. The van der Waals surface area contributed by atoms with Crippen molar-refractivity contribution < 1.29 is 14.0 Å². The van der Waals surface area contributed by atoms with Crippen LogP contribution in [0, 0.1) is 0 Å². The Bertz CT molecular complexity index is 600. The summed E-state index contributed by atoms with van der Waals surface area (Å²) < 4.78 is 16.3. The zero-order valence-corrected chi connectivity index (χ0v) is 11.2. The van der Waals surface area contributed by atoms with Crippen LogP contribution in [-0.4, -0.2) is 29.6 Å². The van der Waals surface area contributed by atoms with Crippen molar-refractivity contribution in [3.63, 3.8) is 0 Å². The van der Waals surface area contributed by atoms with Crippen LogP contribution in [0.15, 0.2) is 21.6 Å². The summed E-state index contributed by atoms with van der Waals surface area (Å²) in [5, 5.41) is 3.94. The molecule has 0 radical (unpaired) electrons. The van der Waals surface area contributed by atoms with Crippen molar-refractivity contribution in [3.05, 3.63) is 18.0 Å². The van der Waals surface area contributed by atoms with Gasteiger partial charge in [0.2, 0.25) is 11.7 Å². The van der Waals surface area contributed by atoms with Crippen LogP contribution in [-0.2, 0) is 6.54 Å². The van der Waals surface area contributed by atoms with Crippen molar-refractivity contribution in [2.75, 3.05) is 19.5 Å². The molecule has 0 spiro atoms. The number of nitrogens with two attached hydrogens (primary N) is 1. The minimum atomic E-state index is 0.228. The Morgan fingerprint density at radius 1 is 1.32 bits per heavy atom. The molecule has 3 rings (SSSR count). The summed E-state index contributed by atoms with van der Waals surface area (Å²) >= 11 is 1.56. The fourth-order valence-corrected chi connectivity index (χ4v) is 2.64. The quantitative estimate of drug-likeness (QED) is 0.856. The first-order valence-electron chi connectivity index (χ1n) is 5.83. The number of fused-ring (bicyclic) bond motifs is 1. The van der Waals surface area contributed by atoms with Gasteiger partial charge in [-0.15, -0.1) is 11.8 Å². The van der Waals surface area contributed by atoms with Crippen LogP contribution in [0.3, 0.4) is 0 Å². The highest BCUT2D eigenvalue weighted by atomic mass is 32.2. The highest BCUT2D eigenvalue weighted by Crippen LogP contribution is 2.44. The molecule has 0 unspecified atom stereocenters. The number of nitrogens with zero attached hydrogens (tertiary/aromatic N) is 2. The van der Waals surface area contributed by atoms with Gasteiger partial charge in [0.1, 0.15) is 13.2 Å². The van der Waals surface area contributed by atoms with Gasteiger partial charge < -0.3 is 19.7 Å². The zero-order chi connectivity index (χ0) is 13.2. The molecule has 0 atom stereocenters. The van der Waals surface area contributed by atoms with Gasteiger partial charge in [-0.25, -0.2) is 0 Å². The molecule has 100 valence electrons. The SMILES string of the molecule is CSc1c(-c2noc(CN)n2)ccc2c1OCCO2. The highest BCUT2D eigenvalue weighted by molar-refractivity contribution is 7.98. The molecule has 19 heavy (non-hydrogen) atoms. The van der Waals surface area contributed by atoms with Crippen molar-refractivity contribution in [2.24, 2.45) is 5.73 Å². The molecule has 1 aliphatic heterocycles. The van der Waals surface area contributed by atoms with Crippen LogP contribution in [0.5, 0.6) is 11.5 Å². The van der Waals surface area contributed by atoms with Crippen molar-refractivity contribution in [1.82, 2.24) is 10.1 Å². The Morgan fingerprint density at radius 2 is 2.16 bits per heavy atom. The molecular formula is C12H13N3O3S. The van der Waals surface area contributed by atoms with Gasteiger partial charge in [0.05, 0.1) is 11.4 Å². The van der Waals surface area contributed by atoms with Gasteiger partial charge in [0, 0.05) is 5.56 Å². The van der Waals surface area contributed by atoms with Crippen molar-refractivity contribution in [2.45, 2.75) is 11.4 Å². The number of aromatic nitrogens is 2. The lowest BCUT2D eigenvalue weighted by Crippen LogP contribution is -2.16. The predicted octanol–water partition coefficient (Wildman–Crippen LogP) is 1.69. The van der Waals surface area contributed by atoms with Crippen molar-refractivity contribution in [1.29, 1.82) is 0 Å². The van der Waals surface area contributed by atoms with E-state index in [0.29, 0.717) is 24.9 Å². The molecule has 1 aromatic heterocycles. The zero-order valence-electron chi connectivity index (χ0n) is 10.4. The van der Waals surface area contributed by atoms with Crippen molar-refractivity contribution in [3.8, 4) is 22.9 Å². The maximum absolute atomic E-state index is 5.68. The third-order valence-corrected chi connectivity index (χ3v) is 3.56. The smallest absolute Gasteiger partial charge is 0.240 e.